The molecule has 0 unspecified atom stereocenters. The molecule has 0 aromatic rings. The van der Waals surface area contributed by atoms with Crippen LogP contribution in [0.5, 0.6) is 0 Å². The largest absolute Gasteiger partial charge is 0.340 e. The lowest BCUT2D eigenvalue weighted by molar-refractivity contribution is -0.153. The van der Waals surface area contributed by atoms with Gasteiger partial charge in [0.25, 0.3) is 0 Å². The Bertz CT molecular complexity index is 328. The van der Waals surface area contributed by atoms with Crippen molar-refractivity contribution in [3.05, 3.63) is 0 Å². The molecule has 1 atom stereocenters. The number of carbonyl (C=O) groups is 1. The monoisotopic (exact) mass is 281 g/mol. The summed E-state index contributed by atoms with van der Waals surface area (Å²) in [5.41, 5.74) is 0.635. The van der Waals surface area contributed by atoms with Crippen LogP contribution in [-0.4, -0.2) is 11.7 Å². The predicted octanol–water partition coefficient (Wildman–Crippen LogP) is 5.09. The fourth-order valence-corrected chi connectivity index (χ4v) is 2.56. The zero-order valence-electron chi connectivity index (χ0n) is 13.7. The minimum Gasteiger partial charge on any atom is -0.318 e. The molecule has 116 valence electrons. The summed E-state index contributed by atoms with van der Waals surface area (Å²) in [4.78, 5) is 16.8. The highest BCUT2D eigenvalue weighted by molar-refractivity contribution is 5.88. The van der Waals surface area contributed by atoms with Crippen molar-refractivity contribution in [2.45, 2.75) is 85.5 Å². The molecule has 1 saturated carbocycles. The van der Waals surface area contributed by atoms with Crippen LogP contribution in [0.1, 0.15) is 85.5 Å². The lowest BCUT2D eigenvalue weighted by Gasteiger charge is -2.14. The summed E-state index contributed by atoms with van der Waals surface area (Å²) in [7, 11) is 0. The first-order valence-corrected chi connectivity index (χ1v) is 8.23. The lowest BCUT2D eigenvalue weighted by Crippen LogP contribution is -2.22. The fraction of sp³-hybridized carbons (Fsp3) is 0.882. The Morgan fingerprint density at radius 2 is 1.95 bits per heavy atom. The summed E-state index contributed by atoms with van der Waals surface area (Å²) < 4.78 is 0. The number of hydrogen-bond acceptors (Lipinski definition) is 3. The first-order valence-electron chi connectivity index (χ1n) is 8.23. The third kappa shape index (κ3) is 6.06. The molecule has 1 rings (SSSR count). The third-order valence-corrected chi connectivity index (χ3v) is 3.97. The maximum Gasteiger partial charge on any atom is 0.340 e. The molecule has 3 heteroatoms. The van der Waals surface area contributed by atoms with Gasteiger partial charge in [-0.1, -0.05) is 44.2 Å². The molecule has 0 bridgehead atoms. The van der Waals surface area contributed by atoms with E-state index in [0.717, 1.165) is 12.1 Å². The summed E-state index contributed by atoms with van der Waals surface area (Å²) >= 11 is 0. The van der Waals surface area contributed by atoms with Gasteiger partial charge in [-0.3, -0.25) is 0 Å². The van der Waals surface area contributed by atoms with Crippen LogP contribution in [0.2, 0.25) is 0 Å². The second kappa shape index (κ2) is 8.43. The summed E-state index contributed by atoms with van der Waals surface area (Å²) in [6.45, 7) is 7.81. The molecular formula is C17H31NO2. The van der Waals surface area contributed by atoms with Gasteiger partial charge in [-0.25, -0.2) is 4.79 Å². The second-order valence-corrected chi connectivity index (χ2v) is 7.00. The van der Waals surface area contributed by atoms with Crippen LogP contribution in [0.3, 0.4) is 0 Å². The minimum absolute atomic E-state index is 0.237. The summed E-state index contributed by atoms with van der Waals surface area (Å²) in [5, 5.41) is 4.15. The van der Waals surface area contributed by atoms with Crippen molar-refractivity contribution in [2.24, 2.45) is 16.5 Å². The first kappa shape index (κ1) is 17.2. The van der Waals surface area contributed by atoms with Gasteiger partial charge in [0, 0.05) is 5.92 Å². The molecule has 0 aliphatic heterocycles. The minimum atomic E-state index is -0.474. The van der Waals surface area contributed by atoms with Crippen LogP contribution in [0, 0.1) is 11.3 Å². The molecule has 20 heavy (non-hydrogen) atoms. The molecule has 1 fully saturated rings. The Hall–Kier alpha value is -0.860. The number of rotatable bonds is 7. The standard InChI is InChI=1S/C17H31NO2/c1-5-6-7-8-9-11-14-12-10-13-15(14)18-20-16(19)17(2,3)4/h14H,5-13H2,1-4H3/b18-15-/t14-/m1/s1. The van der Waals surface area contributed by atoms with Gasteiger partial charge < -0.3 is 4.84 Å². The van der Waals surface area contributed by atoms with Crippen molar-refractivity contribution < 1.29 is 9.63 Å². The van der Waals surface area contributed by atoms with E-state index >= 15 is 0 Å². The van der Waals surface area contributed by atoms with Crippen molar-refractivity contribution in [1.29, 1.82) is 0 Å². The van der Waals surface area contributed by atoms with Gasteiger partial charge in [0.15, 0.2) is 0 Å². The van der Waals surface area contributed by atoms with E-state index in [4.69, 9.17) is 4.84 Å². The van der Waals surface area contributed by atoms with Crippen molar-refractivity contribution in [2.75, 3.05) is 0 Å². The van der Waals surface area contributed by atoms with Gasteiger partial charge in [0.1, 0.15) is 0 Å². The quantitative estimate of drug-likeness (QED) is 0.370. The van der Waals surface area contributed by atoms with Gasteiger partial charge in [0.05, 0.1) is 11.1 Å². The SMILES string of the molecule is CCCCCCC[C@@H]1CCC/C1=N/OC(=O)C(C)(C)C. The highest BCUT2D eigenvalue weighted by atomic mass is 16.7. The summed E-state index contributed by atoms with van der Waals surface area (Å²) in [5.74, 6) is 0.308. The molecule has 3 nitrogen and oxygen atoms in total. The first-order chi connectivity index (χ1) is 9.45. The van der Waals surface area contributed by atoms with Crippen LogP contribution in [0.15, 0.2) is 5.16 Å². The van der Waals surface area contributed by atoms with Crippen LogP contribution in [0.4, 0.5) is 0 Å². The summed E-state index contributed by atoms with van der Waals surface area (Å²) in [6.07, 6.45) is 11.2. The van der Waals surface area contributed by atoms with E-state index in [1.54, 1.807) is 0 Å². The van der Waals surface area contributed by atoms with Crippen LogP contribution < -0.4 is 0 Å². The third-order valence-electron chi connectivity index (χ3n) is 3.97. The molecule has 0 amide bonds. The van der Waals surface area contributed by atoms with Gasteiger partial charge in [0.2, 0.25) is 0 Å². The molecule has 0 saturated heterocycles. The lowest BCUT2D eigenvalue weighted by atomic mass is 9.97. The maximum atomic E-state index is 11.7. The topological polar surface area (TPSA) is 38.7 Å². The van der Waals surface area contributed by atoms with Crippen molar-refractivity contribution in [3.8, 4) is 0 Å². The van der Waals surface area contributed by atoms with Gasteiger partial charge in [-0.15, -0.1) is 0 Å². The maximum absolute atomic E-state index is 11.7. The van der Waals surface area contributed by atoms with Crippen molar-refractivity contribution >= 4 is 11.7 Å². The fourth-order valence-electron chi connectivity index (χ4n) is 2.56. The number of oxime groups is 1. The van der Waals surface area contributed by atoms with Crippen LogP contribution in [0.25, 0.3) is 0 Å². The Morgan fingerprint density at radius 3 is 2.60 bits per heavy atom. The molecule has 0 aromatic heterocycles. The number of nitrogens with zero attached hydrogens (tertiary/aromatic N) is 1. The van der Waals surface area contributed by atoms with E-state index in [2.05, 4.69) is 12.1 Å². The second-order valence-electron chi connectivity index (χ2n) is 7.00. The zero-order valence-corrected chi connectivity index (χ0v) is 13.7. The smallest absolute Gasteiger partial charge is 0.318 e. The van der Waals surface area contributed by atoms with E-state index in [0.29, 0.717) is 5.92 Å². The highest BCUT2D eigenvalue weighted by Crippen LogP contribution is 2.28. The van der Waals surface area contributed by atoms with Gasteiger partial charge in [-0.2, -0.15) is 0 Å². The van der Waals surface area contributed by atoms with E-state index in [-0.39, 0.29) is 5.97 Å². The van der Waals surface area contributed by atoms with E-state index in [9.17, 15) is 4.79 Å². The van der Waals surface area contributed by atoms with E-state index < -0.39 is 5.41 Å². The van der Waals surface area contributed by atoms with E-state index in [1.807, 2.05) is 20.8 Å². The normalized spacial score (nSPS) is 21.4. The molecule has 0 N–H and O–H groups in total. The average molecular weight is 281 g/mol. The molecule has 0 aromatic carbocycles. The highest BCUT2D eigenvalue weighted by Gasteiger charge is 2.26. The zero-order chi connectivity index (χ0) is 15.0. The molecule has 0 heterocycles. The van der Waals surface area contributed by atoms with Crippen LogP contribution >= 0.6 is 0 Å². The molecule has 1 aliphatic rings. The number of hydrogen-bond donors (Lipinski definition) is 0. The Kier molecular flexibility index (Phi) is 7.25. The Balaban J connectivity index is 2.35. The van der Waals surface area contributed by atoms with Crippen LogP contribution in [-0.2, 0) is 9.63 Å². The molecular weight excluding hydrogens is 250 g/mol. The molecule has 0 spiro atoms. The Morgan fingerprint density at radius 1 is 1.25 bits per heavy atom. The van der Waals surface area contributed by atoms with Gasteiger partial charge >= 0.3 is 5.97 Å². The number of unbranched alkanes of at least 4 members (excludes halogenated alkanes) is 4. The molecule has 1 aliphatic carbocycles. The summed E-state index contributed by atoms with van der Waals surface area (Å²) in [6, 6.07) is 0. The molecule has 0 radical (unpaired) electrons. The predicted molar refractivity (Wildman–Crippen MR) is 83.7 cm³/mol. The van der Waals surface area contributed by atoms with Gasteiger partial charge in [-0.05, 0) is 46.5 Å². The average Bonchev–Trinajstić information content (AvgIpc) is 2.82. The van der Waals surface area contributed by atoms with Crippen molar-refractivity contribution in [3.63, 3.8) is 0 Å². The number of carbonyl (C=O) groups excluding carboxylic acids is 1. The van der Waals surface area contributed by atoms with Crippen molar-refractivity contribution in [1.82, 2.24) is 0 Å². The Labute approximate surface area is 124 Å². The van der Waals surface area contributed by atoms with E-state index in [1.165, 1.54) is 51.4 Å².